The zero-order valence-electron chi connectivity index (χ0n) is 10.8. The van der Waals surface area contributed by atoms with Crippen LogP contribution in [-0.2, 0) is 6.42 Å². The van der Waals surface area contributed by atoms with Gasteiger partial charge in [0.25, 0.3) is 0 Å². The SMILES string of the molecule is CCc1cc(Cl)nc(C2CCOc3ccccc32)n1. The first-order valence-electron chi connectivity index (χ1n) is 6.53. The van der Waals surface area contributed by atoms with E-state index in [4.69, 9.17) is 16.3 Å². The minimum absolute atomic E-state index is 0.175. The number of hydrogen-bond acceptors (Lipinski definition) is 3. The Morgan fingerprint density at radius 2 is 2.16 bits per heavy atom. The molecule has 0 aliphatic carbocycles. The van der Waals surface area contributed by atoms with E-state index in [-0.39, 0.29) is 5.92 Å². The highest BCUT2D eigenvalue weighted by molar-refractivity contribution is 6.29. The Morgan fingerprint density at radius 1 is 1.32 bits per heavy atom. The van der Waals surface area contributed by atoms with Crippen molar-refractivity contribution in [2.45, 2.75) is 25.7 Å². The summed E-state index contributed by atoms with van der Waals surface area (Å²) in [7, 11) is 0. The van der Waals surface area contributed by atoms with Crippen LogP contribution >= 0.6 is 11.6 Å². The van der Waals surface area contributed by atoms with Gasteiger partial charge in [0.15, 0.2) is 0 Å². The second kappa shape index (κ2) is 5.17. The van der Waals surface area contributed by atoms with Crippen LogP contribution in [0.4, 0.5) is 0 Å². The molecule has 0 fully saturated rings. The Labute approximate surface area is 117 Å². The predicted octanol–water partition coefficient (Wildman–Crippen LogP) is 3.61. The largest absolute Gasteiger partial charge is 0.493 e. The fourth-order valence-electron chi connectivity index (χ4n) is 2.43. The quantitative estimate of drug-likeness (QED) is 0.785. The molecular formula is C15H15ClN2O. The molecule has 0 bridgehead atoms. The van der Waals surface area contributed by atoms with E-state index in [0.29, 0.717) is 11.8 Å². The van der Waals surface area contributed by atoms with Gasteiger partial charge >= 0.3 is 0 Å². The third-order valence-corrected chi connectivity index (χ3v) is 3.59. The van der Waals surface area contributed by atoms with Gasteiger partial charge in [-0.1, -0.05) is 36.7 Å². The molecule has 1 unspecified atom stereocenters. The van der Waals surface area contributed by atoms with Crippen molar-refractivity contribution in [3.63, 3.8) is 0 Å². The summed E-state index contributed by atoms with van der Waals surface area (Å²) >= 11 is 6.09. The van der Waals surface area contributed by atoms with Gasteiger partial charge in [-0.2, -0.15) is 0 Å². The average molecular weight is 275 g/mol. The lowest BCUT2D eigenvalue weighted by Crippen LogP contribution is -2.17. The highest BCUT2D eigenvalue weighted by Gasteiger charge is 2.25. The lowest BCUT2D eigenvalue weighted by Gasteiger charge is -2.25. The molecule has 3 rings (SSSR count). The van der Waals surface area contributed by atoms with E-state index in [0.717, 1.165) is 35.7 Å². The normalized spacial score (nSPS) is 17.7. The molecule has 3 nitrogen and oxygen atoms in total. The fraction of sp³-hybridized carbons (Fsp3) is 0.333. The van der Waals surface area contributed by atoms with Gasteiger partial charge in [-0.15, -0.1) is 0 Å². The molecule has 0 amide bonds. The van der Waals surface area contributed by atoms with E-state index in [9.17, 15) is 0 Å². The average Bonchev–Trinajstić information content (AvgIpc) is 2.46. The van der Waals surface area contributed by atoms with Crippen LogP contribution in [0.5, 0.6) is 5.75 Å². The van der Waals surface area contributed by atoms with Gasteiger partial charge in [0.1, 0.15) is 16.7 Å². The summed E-state index contributed by atoms with van der Waals surface area (Å²) in [5.41, 5.74) is 2.14. The van der Waals surface area contributed by atoms with Crippen LogP contribution in [0.2, 0.25) is 5.15 Å². The maximum absolute atomic E-state index is 6.09. The summed E-state index contributed by atoms with van der Waals surface area (Å²) in [5, 5.41) is 0.519. The summed E-state index contributed by atoms with van der Waals surface area (Å²) in [6.07, 6.45) is 1.75. The molecule has 2 heterocycles. The van der Waals surface area contributed by atoms with E-state index in [1.165, 1.54) is 0 Å². The molecular weight excluding hydrogens is 260 g/mol. The highest BCUT2D eigenvalue weighted by Crippen LogP contribution is 2.36. The lowest BCUT2D eigenvalue weighted by molar-refractivity contribution is 0.274. The van der Waals surface area contributed by atoms with Crippen molar-refractivity contribution in [3.8, 4) is 5.75 Å². The molecule has 1 aliphatic rings. The Morgan fingerprint density at radius 3 is 3.00 bits per heavy atom. The van der Waals surface area contributed by atoms with Crippen LogP contribution in [0.1, 0.15) is 36.3 Å². The van der Waals surface area contributed by atoms with Gasteiger partial charge in [-0.3, -0.25) is 0 Å². The van der Waals surface area contributed by atoms with Crippen LogP contribution in [0, 0.1) is 0 Å². The maximum Gasteiger partial charge on any atom is 0.138 e. The predicted molar refractivity (Wildman–Crippen MR) is 74.8 cm³/mol. The molecule has 0 saturated carbocycles. The van der Waals surface area contributed by atoms with Crippen LogP contribution in [-0.4, -0.2) is 16.6 Å². The summed E-state index contributed by atoms with van der Waals surface area (Å²) in [6, 6.07) is 9.90. The number of benzene rings is 1. The minimum Gasteiger partial charge on any atom is -0.493 e. The van der Waals surface area contributed by atoms with Gasteiger partial charge in [-0.25, -0.2) is 9.97 Å². The number of aryl methyl sites for hydroxylation is 1. The molecule has 98 valence electrons. The fourth-order valence-corrected chi connectivity index (χ4v) is 2.64. The molecule has 0 N–H and O–H groups in total. The molecule has 2 aromatic rings. The maximum atomic E-state index is 6.09. The second-order valence-corrected chi connectivity index (χ2v) is 5.01. The zero-order valence-corrected chi connectivity index (χ0v) is 11.5. The number of hydrogen-bond donors (Lipinski definition) is 0. The van der Waals surface area contributed by atoms with E-state index in [2.05, 4.69) is 23.0 Å². The minimum atomic E-state index is 0.175. The van der Waals surface area contributed by atoms with Crippen LogP contribution in [0.25, 0.3) is 0 Å². The van der Waals surface area contributed by atoms with Gasteiger partial charge in [0.2, 0.25) is 0 Å². The van der Waals surface area contributed by atoms with E-state index in [1.807, 2.05) is 24.3 Å². The first-order valence-corrected chi connectivity index (χ1v) is 6.91. The first-order chi connectivity index (χ1) is 9.28. The Hall–Kier alpha value is -1.61. The van der Waals surface area contributed by atoms with Crippen LogP contribution in [0.15, 0.2) is 30.3 Å². The molecule has 1 aromatic heterocycles. The molecule has 1 aliphatic heterocycles. The number of nitrogens with zero attached hydrogens (tertiary/aromatic N) is 2. The monoisotopic (exact) mass is 274 g/mol. The van der Waals surface area contributed by atoms with E-state index in [1.54, 1.807) is 0 Å². The summed E-state index contributed by atoms with van der Waals surface area (Å²) in [4.78, 5) is 9.03. The van der Waals surface area contributed by atoms with Crippen LogP contribution < -0.4 is 4.74 Å². The number of rotatable bonds is 2. The van der Waals surface area contributed by atoms with Crippen LogP contribution in [0.3, 0.4) is 0 Å². The molecule has 4 heteroatoms. The summed E-state index contributed by atoms with van der Waals surface area (Å²) in [5.74, 6) is 1.91. The van der Waals surface area contributed by atoms with Gasteiger partial charge in [0, 0.05) is 11.3 Å². The standard InChI is InChI=1S/C15H15ClN2O/c1-2-10-9-14(16)18-15(17-10)12-7-8-19-13-6-4-3-5-11(12)13/h3-6,9,12H,2,7-8H2,1H3. The molecule has 0 radical (unpaired) electrons. The van der Waals surface area contributed by atoms with E-state index >= 15 is 0 Å². The third kappa shape index (κ3) is 2.43. The summed E-state index contributed by atoms with van der Waals surface area (Å²) in [6.45, 7) is 2.76. The Bertz CT molecular complexity index is 600. The summed E-state index contributed by atoms with van der Waals surface area (Å²) < 4.78 is 5.67. The number of aromatic nitrogens is 2. The third-order valence-electron chi connectivity index (χ3n) is 3.40. The smallest absolute Gasteiger partial charge is 0.138 e. The first kappa shape index (κ1) is 12.4. The second-order valence-electron chi connectivity index (χ2n) is 4.62. The van der Waals surface area contributed by atoms with Crippen molar-refractivity contribution in [1.29, 1.82) is 0 Å². The number of para-hydroxylation sites is 1. The van der Waals surface area contributed by atoms with Gasteiger partial charge in [-0.05, 0) is 25.0 Å². The molecule has 19 heavy (non-hydrogen) atoms. The van der Waals surface area contributed by atoms with Crippen molar-refractivity contribution in [1.82, 2.24) is 9.97 Å². The number of ether oxygens (including phenoxy) is 1. The van der Waals surface area contributed by atoms with Crippen molar-refractivity contribution in [3.05, 3.63) is 52.6 Å². The molecule has 1 atom stereocenters. The van der Waals surface area contributed by atoms with Crippen molar-refractivity contribution in [2.24, 2.45) is 0 Å². The number of fused-ring (bicyclic) bond motifs is 1. The van der Waals surface area contributed by atoms with Crippen molar-refractivity contribution >= 4 is 11.6 Å². The molecule has 0 spiro atoms. The van der Waals surface area contributed by atoms with Gasteiger partial charge in [0.05, 0.1) is 12.5 Å². The molecule has 1 aromatic carbocycles. The topological polar surface area (TPSA) is 35.0 Å². The van der Waals surface area contributed by atoms with Crippen molar-refractivity contribution < 1.29 is 4.74 Å². The molecule has 0 saturated heterocycles. The van der Waals surface area contributed by atoms with Crippen molar-refractivity contribution in [2.75, 3.05) is 6.61 Å². The van der Waals surface area contributed by atoms with E-state index < -0.39 is 0 Å². The number of halogens is 1. The lowest BCUT2D eigenvalue weighted by atomic mass is 9.92. The van der Waals surface area contributed by atoms with Gasteiger partial charge < -0.3 is 4.74 Å². The Kier molecular flexibility index (Phi) is 3.38. The highest BCUT2D eigenvalue weighted by atomic mass is 35.5. The zero-order chi connectivity index (χ0) is 13.2. The Balaban J connectivity index is 2.06.